The van der Waals surface area contributed by atoms with Crippen molar-refractivity contribution in [2.75, 3.05) is 13.2 Å². The maximum atomic E-state index is 15.9. The molecule has 240 valence electrons. The first-order chi connectivity index (χ1) is 21.7. The maximum Gasteiger partial charge on any atom is 0.264 e. The molecular formula is C23H19B2F4N5O10P2. The number of carbonyl (C=O) groups excluding carboxylic acids is 1. The van der Waals surface area contributed by atoms with Gasteiger partial charge in [-0.15, -0.1) is 0 Å². The van der Waals surface area contributed by atoms with E-state index in [0.29, 0.717) is 0 Å². The molecule has 0 spiro atoms. The molecule has 3 fully saturated rings. The van der Waals surface area contributed by atoms with E-state index in [-0.39, 0.29) is 17.9 Å². The number of hydrogen-bond donors (Lipinski definition) is 1. The second-order valence-electron chi connectivity index (χ2n) is 10.7. The monoisotopic (exact) mass is 685 g/mol. The van der Waals surface area contributed by atoms with E-state index < -0.39 is 111 Å². The van der Waals surface area contributed by atoms with Crippen molar-refractivity contribution in [3.05, 3.63) is 46.3 Å². The fourth-order valence-corrected chi connectivity index (χ4v) is 7.75. The average Bonchev–Trinajstić information content (AvgIpc) is 3.69. The molecule has 3 aromatic heterocycles. The van der Waals surface area contributed by atoms with Crippen molar-refractivity contribution in [3.63, 3.8) is 0 Å². The van der Waals surface area contributed by atoms with Crippen molar-refractivity contribution in [2.45, 2.75) is 55.6 Å². The summed E-state index contributed by atoms with van der Waals surface area (Å²) in [6.07, 6.45) is -11.5. The Labute approximate surface area is 257 Å². The molecule has 0 aromatic carbocycles. The number of fused-ring (bicyclic) bond motifs is 4. The van der Waals surface area contributed by atoms with Gasteiger partial charge in [0.05, 0.1) is 25.1 Å². The average molecular weight is 685 g/mol. The third kappa shape index (κ3) is 5.36. The van der Waals surface area contributed by atoms with Crippen molar-refractivity contribution in [1.29, 1.82) is 0 Å². The number of aliphatic imine (C=N–C) groups is 1. The number of halogens is 4. The number of ketones is 1. The fourth-order valence-electron chi connectivity index (χ4n) is 5.74. The number of aromatic nitrogens is 4. The third-order valence-corrected chi connectivity index (χ3v) is 9.85. The first kappa shape index (κ1) is 31.7. The second kappa shape index (κ2) is 11.4. The topological polar surface area (TPSA) is 175 Å². The third-order valence-electron chi connectivity index (χ3n) is 7.75. The molecule has 15 nitrogen and oxygen atoms in total. The lowest BCUT2D eigenvalue weighted by molar-refractivity contribution is -0.0550. The van der Waals surface area contributed by atoms with Crippen LogP contribution < -0.4 is 5.56 Å². The van der Waals surface area contributed by atoms with Crippen LogP contribution in [0, 0.1) is 11.6 Å². The molecule has 4 aliphatic heterocycles. The number of alkyl halides is 2. The van der Waals surface area contributed by atoms with E-state index in [1.165, 1.54) is 6.21 Å². The van der Waals surface area contributed by atoms with Crippen LogP contribution >= 0.6 is 14.9 Å². The predicted octanol–water partition coefficient (Wildman–Crippen LogP) is 2.63. The van der Waals surface area contributed by atoms with Gasteiger partial charge in [-0.25, -0.2) is 27.5 Å². The number of H-pyrrole nitrogens is 1. The molecule has 1 N–H and O–H groups in total. The molecule has 7 rings (SSSR count). The lowest BCUT2D eigenvalue weighted by Gasteiger charge is -2.29. The number of carbonyl (C=O) groups is 1. The first-order valence-corrected chi connectivity index (χ1v) is 16.7. The van der Waals surface area contributed by atoms with E-state index in [1.54, 1.807) is 0 Å². The van der Waals surface area contributed by atoms with E-state index in [9.17, 15) is 27.5 Å². The van der Waals surface area contributed by atoms with Crippen molar-refractivity contribution in [2.24, 2.45) is 4.99 Å². The van der Waals surface area contributed by atoms with E-state index in [2.05, 4.69) is 15.0 Å². The minimum Gasteiger partial charge on any atom is -0.346 e. The summed E-state index contributed by atoms with van der Waals surface area (Å²) in [5.74, 6) is -2.90. The molecule has 23 heteroatoms. The Kier molecular flexibility index (Phi) is 7.84. The Balaban J connectivity index is 1.17. The summed E-state index contributed by atoms with van der Waals surface area (Å²) in [6.45, 7) is -1.75. The molecule has 46 heavy (non-hydrogen) atoms. The Hall–Kier alpha value is -2.89. The number of nitrogens with one attached hydrogen (secondary N) is 1. The molecule has 0 amide bonds. The van der Waals surface area contributed by atoms with Gasteiger partial charge in [-0.05, 0) is 0 Å². The highest BCUT2D eigenvalue weighted by Crippen LogP contribution is 2.54. The molecule has 3 aromatic rings. The Bertz CT molecular complexity index is 1930. The molecule has 0 bridgehead atoms. The molecule has 0 saturated carbocycles. The predicted molar refractivity (Wildman–Crippen MR) is 148 cm³/mol. The van der Waals surface area contributed by atoms with Crippen LogP contribution in [0.1, 0.15) is 29.2 Å². The number of rotatable bonds is 2. The van der Waals surface area contributed by atoms with Gasteiger partial charge in [-0.2, -0.15) is 0 Å². The van der Waals surface area contributed by atoms with Gasteiger partial charge in [-0.1, -0.05) is 0 Å². The summed E-state index contributed by atoms with van der Waals surface area (Å²) in [5, 5.41) is -0.499. The zero-order valence-electron chi connectivity index (χ0n) is 23.0. The highest BCUT2D eigenvalue weighted by Gasteiger charge is 2.54. The van der Waals surface area contributed by atoms with Gasteiger partial charge in [0.2, 0.25) is 15.1 Å². The number of Topliss-reactive ketones (excluding diaryl/α,β-unsaturated/α-hetero) is 1. The van der Waals surface area contributed by atoms with E-state index >= 15 is 8.78 Å². The van der Waals surface area contributed by atoms with Crippen LogP contribution in [-0.2, 0) is 36.7 Å². The summed E-state index contributed by atoms with van der Waals surface area (Å²) < 4.78 is 121. The largest absolute Gasteiger partial charge is 0.346 e. The number of nitrogens with zero attached hydrogens (tertiary/aromatic N) is 4. The second-order valence-corrected chi connectivity index (χ2v) is 13.8. The minimum absolute atomic E-state index is 0.179. The molecular weight excluding hydrogens is 666 g/mol. The Morgan fingerprint density at radius 1 is 0.891 bits per heavy atom. The van der Waals surface area contributed by atoms with Crippen LogP contribution in [-0.4, -0.2) is 96.2 Å². The van der Waals surface area contributed by atoms with Crippen molar-refractivity contribution >= 4 is 58.9 Å². The van der Waals surface area contributed by atoms with Gasteiger partial charge in [0.25, 0.3) is 20.5 Å². The summed E-state index contributed by atoms with van der Waals surface area (Å²) in [4.78, 5) is 34.3. The van der Waals surface area contributed by atoms with Crippen molar-refractivity contribution in [1.82, 2.24) is 19.1 Å². The van der Waals surface area contributed by atoms with Crippen LogP contribution in [0.3, 0.4) is 0 Å². The van der Waals surface area contributed by atoms with Crippen molar-refractivity contribution in [3.8, 4) is 0 Å². The zero-order valence-corrected chi connectivity index (χ0v) is 24.8. The summed E-state index contributed by atoms with van der Waals surface area (Å²) in [7, 11) is 1.98. The summed E-state index contributed by atoms with van der Waals surface area (Å²) in [6, 6.07) is 0. The molecule has 4 radical (unpaired) electrons. The maximum absolute atomic E-state index is 15.9. The molecule has 3 saturated heterocycles. The fraction of sp³-hybridized carbons (Fsp3) is 0.478. The van der Waals surface area contributed by atoms with Crippen LogP contribution in [0.25, 0.3) is 11.0 Å². The van der Waals surface area contributed by atoms with E-state index in [1.807, 2.05) is 0 Å². The lowest BCUT2D eigenvalue weighted by atomic mass is 10.1. The van der Waals surface area contributed by atoms with Crippen LogP contribution in [0.4, 0.5) is 23.4 Å². The zero-order chi connectivity index (χ0) is 32.7. The van der Waals surface area contributed by atoms with E-state index in [4.69, 9.17) is 42.7 Å². The van der Waals surface area contributed by atoms with Gasteiger partial charge < -0.3 is 32.6 Å². The minimum atomic E-state index is -4.75. The molecule has 4 unspecified atom stereocenters. The van der Waals surface area contributed by atoms with Gasteiger partial charge in [-0.3, -0.25) is 27.9 Å². The van der Waals surface area contributed by atoms with Crippen LogP contribution in [0.2, 0.25) is 0 Å². The lowest BCUT2D eigenvalue weighted by Crippen LogP contribution is -2.37. The normalized spacial score (nSPS) is 38.2. The molecule has 0 aliphatic carbocycles. The number of aromatic amines is 1. The SMILES string of the molecule is [B]P1(=O)OC[C@H]2O[C@@H](n3cc(F)c4c(=O)[nH]cnc43)C(F)[C@H]2OP([B])(=O)OC[C@H]2O[C@@H](n3cc(F)c4c3N=CCC4=O)[C@@H](F)C2O1. The van der Waals surface area contributed by atoms with Gasteiger partial charge >= 0.3 is 0 Å². The standard InChI is InChI=1S/C23H19B2F4N5O10P2/c24-45(37)40-6-12-18(16(29)23(42-12)34-4-9(27)14-20(34)31-7-32-21(14)36)44-46(25,38)39-5-11-17(43-45)15(28)22(41-11)33-3-8(26)13-10(35)1-2-30-19(13)33/h2-4,7,11-12,15-18,22-23H,1,5-6H2,(H,31,32,36)/t11-,12-,15+,16?,17?,18+,22-,23-,45?,46?/m1/s1. The summed E-state index contributed by atoms with van der Waals surface area (Å²) >= 11 is 0. The van der Waals surface area contributed by atoms with Gasteiger partial charge in [0.15, 0.2) is 47.9 Å². The number of hydrogen-bond acceptors (Lipinski definition) is 12. The molecule has 7 heterocycles. The smallest absolute Gasteiger partial charge is 0.264 e. The van der Waals surface area contributed by atoms with Crippen molar-refractivity contribution < 1.29 is 59.1 Å². The molecule has 4 aliphatic rings. The van der Waals surface area contributed by atoms with Crippen LogP contribution in [0.15, 0.2) is 28.5 Å². The number of ether oxygens (including phenoxy) is 2. The Morgan fingerprint density at radius 3 is 2.07 bits per heavy atom. The quantitative estimate of drug-likeness (QED) is 0.239. The van der Waals surface area contributed by atoms with Crippen LogP contribution in [0.5, 0.6) is 0 Å². The molecule has 10 atom stereocenters. The highest BCUT2D eigenvalue weighted by atomic mass is 31.2. The van der Waals surface area contributed by atoms with E-state index in [0.717, 1.165) is 27.9 Å². The van der Waals surface area contributed by atoms with Gasteiger partial charge in [0, 0.05) is 25.0 Å². The first-order valence-electron chi connectivity index (χ1n) is 13.5. The van der Waals surface area contributed by atoms with Gasteiger partial charge in [0.1, 0.15) is 35.6 Å². The summed E-state index contributed by atoms with van der Waals surface area (Å²) in [5.41, 5.74) is -1.55. The highest BCUT2D eigenvalue weighted by molar-refractivity contribution is 7.79. The Morgan fingerprint density at radius 2 is 1.46 bits per heavy atom.